The van der Waals surface area contributed by atoms with Gasteiger partial charge >= 0.3 is 0 Å². The smallest absolute Gasteiger partial charge is 0.256 e. The molecule has 2 aliphatic heterocycles. The van der Waals surface area contributed by atoms with Crippen molar-refractivity contribution in [2.75, 3.05) is 32.8 Å². The molecule has 0 radical (unpaired) electrons. The Bertz CT molecular complexity index is 587. The first kappa shape index (κ1) is 16.7. The predicted octanol–water partition coefficient (Wildman–Crippen LogP) is 0.992. The van der Waals surface area contributed by atoms with Crippen LogP contribution in [-0.2, 0) is 9.53 Å². The zero-order chi connectivity index (χ0) is 16.8. The van der Waals surface area contributed by atoms with Gasteiger partial charge in [0.2, 0.25) is 11.8 Å². The summed E-state index contributed by atoms with van der Waals surface area (Å²) >= 11 is 0. The maximum atomic E-state index is 12.4. The van der Waals surface area contributed by atoms with Crippen molar-refractivity contribution in [3.63, 3.8) is 0 Å². The van der Waals surface area contributed by atoms with Gasteiger partial charge < -0.3 is 19.7 Å². The molecule has 2 aliphatic rings. The van der Waals surface area contributed by atoms with Gasteiger partial charge in [-0.25, -0.2) is 4.98 Å². The molecule has 1 atom stereocenters. The summed E-state index contributed by atoms with van der Waals surface area (Å²) in [7, 11) is 0. The highest BCUT2D eigenvalue weighted by Gasteiger charge is 2.22. The molecule has 0 aliphatic carbocycles. The Balaban J connectivity index is 1.48. The number of carbonyl (C=O) groups is 2. The standard InChI is InChI=1S/C17H23N3O4/c21-15-5-2-9-20(15)10-3-8-18-16(22)14-4-1-7-19-17(14)24-13-6-11-23-12-13/h1,4,7,13H,2-3,5-6,8-12H2,(H,18,22)/t13-/m0/s1. The summed E-state index contributed by atoms with van der Waals surface area (Å²) in [5.41, 5.74) is 0.432. The fourth-order valence-electron chi connectivity index (χ4n) is 2.93. The second-order valence-electron chi connectivity index (χ2n) is 6.05. The van der Waals surface area contributed by atoms with E-state index in [0.29, 0.717) is 44.2 Å². The third kappa shape index (κ3) is 4.23. The van der Waals surface area contributed by atoms with Gasteiger partial charge in [-0.1, -0.05) is 0 Å². The van der Waals surface area contributed by atoms with Crippen LogP contribution in [0.25, 0.3) is 0 Å². The summed E-state index contributed by atoms with van der Waals surface area (Å²) in [4.78, 5) is 29.9. The Morgan fingerprint density at radius 2 is 2.42 bits per heavy atom. The lowest BCUT2D eigenvalue weighted by atomic mass is 10.2. The van der Waals surface area contributed by atoms with Crippen LogP contribution in [-0.4, -0.2) is 60.7 Å². The number of carbonyl (C=O) groups excluding carboxylic acids is 2. The second-order valence-corrected chi connectivity index (χ2v) is 6.05. The lowest BCUT2D eigenvalue weighted by Crippen LogP contribution is -2.31. The highest BCUT2D eigenvalue weighted by atomic mass is 16.5. The third-order valence-corrected chi connectivity index (χ3v) is 4.24. The number of aromatic nitrogens is 1. The monoisotopic (exact) mass is 333 g/mol. The van der Waals surface area contributed by atoms with Gasteiger partial charge in [0.25, 0.3) is 5.91 Å². The number of hydrogen-bond acceptors (Lipinski definition) is 5. The fourth-order valence-corrected chi connectivity index (χ4v) is 2.93. The number of hydrogen-bond donors (Lipinski definition) is 1. The average molecular weight is 333 g/mol. The van der Waals surface area contributed by atoms with E-state index < -0.39 is 0 Å². The van der Waals surface area contributed by atoms with Crippen LogP contribution in [0, 0.1) is 0 Å². The number of amides is 2. The first-order valence-corrected chi connectivity index (χ1v) is 8.49. The van der Waals surface area contributed by atoms with Crippen LogP contribution in [0.2, 0.25) is 0 Å². The van der Waals surface area contributed by atoms with Crippen molar-refractivity contribution < 1.29 is 19.1 Å². The molecule has 2 saturated heterocycles. The minimum Gasteiger partial charge on any atom is -0.471 e. The SMILES string of the molecule is O=C(NCCCN1CCCC1=O)c1cccnc1O[C@H]1CCOC1. The van der Waals surface area contributed by atoms with E-state index in [1.54, 1.807) is 18.3 Å². The van der Waals surface area contributed by atoms with Crippen LogP contribution >= 0.6 is 0 Å². The molecule has 3 heterocycles. The van der Waals surface area contributed by atoms with E-state index in [1.807, 2.05) is 4.90 Å². The average Bonchev–Trinajstić information content (AvgIpc) is 3.24. The molecule has 0 bridgehead atoms. The second kappa shape index (κ2) is 8.10. The summed E-state index contributed by atoms with van der Waals surface area (Å²) in [6, 6.07) is 3.42. The van der Waals surface area contributed by atoms with Crippen LogP contribution in [0.1, 0.15) is 36.0 Å². The fraction of sp³-hybridized carbons (Fsp3) is 0.588. The molecule has 0 aromatic carbocycles. The van der Waals surface area contributed by atoms with Crippen LogP contribution in [0.4, 0.5) is 0 Å². The first-order valence-electron chi connectivity index (χ1n) is 8.49. The zero-order valence-corrected chi connectivity index (χ0v) is 13.7. The summed E-state index contributed by atoms with van der Waals surface area (Å²) < 4.78 is 11.1. The first-order chi connectivity index (χ1) is 11.7. The summed E-state index contributed by atoms with van der Waals surface area (Å²) in [6.45, 7) is 3.24. The topological polar surface area (TPSA) is 80.8 Å². The summed E-state index contributed by atoms with van der Waals surface area (Å²) in [5.74, 6) is 0.355. The van der Waals surface area contributed by atoms with Gasteiger partial charge in [-0.2, -0.15) is 0 Å². The van der Waals surface area contributed by atoms with Crippen molar-refractivity contribution in [1.82, 2.24) is 15.2 Å². The van der Waals surface area contributed by atoms with Crippen LogP contribution < -0.4 is 10.1 Å². The summed E-state index contributed by atoms with van der Waals surface area (Å²) in [5, 5.41) is 2.87. The maximum absolute atomic E-state index is 12.4. The van der Waals surface area contributed by atoms with E-state index in [0.717, 1.165) is 25.8 Å². The zero-order valence-electron chi connectivity index (χ0n) is 13.7. The van der Waals surface area contributed by atoms with Gasteiger partial charge in [0.05, 0.1) is 13.2 Å². The van der Waals surface area contributed by atoms with Crippen molar-refractivity contribution in [1.29, 1.82) is 0 Å². The minimum absolute atomic E-state index is 0.0485. The van der Waals surface area contributed by atoms with Crippen molar-refractivity contribution >= 4 is 11.8 Å². The van der Waals surface area contributed by atoms with E-state index in [-0.39, 0.29) is 17.9 Å². The van der Waals surface area contributed by atoms with E-state index >= 15 is 0 Å². The Kier molecular flexibility index (Phi) is 5.63. The molecule has 7 nitrogen and oxygen atoms in total. The molecule has 130 valence electrons. The highest BCUT2D eigenvalue weighted by Crippen LogP contribution is 2.19. The third-order valence-electron chi connectivity index (χ3n) is 4.24. The number of nitrogens with one attached hydrogen (secondary N) is 1. The van der Waals surface area contributed by atoms with Crippen molar-refractivity contribution in [2.24, 2.45) is 0 Å². The number of pyridine rings is 1. The van der Waals surface area contributed by atoms with Crippen molar-refractivity contribution in [3.05, 3.63) is 23.9 Å². The lowest BCUT2D eigenvalue weighted by molar-refractivity contribution is -0.127. The van der Waals surface area contributed by atoms with E-state index in [4.69, 9.17) is 9.47 Å². The molecule has 0 spiro atoms. The molecule has 2 amide bonds. The number of ether oxygens (including phenoxy) is 2. The lowest BCUT2D eigenvalue weighted by Gasteiger charge is -2.16. The summed E-state index contributed by atoms with van der Waals surface area (Å²) in [6.07, 6.45) is 4.69. The molecule has 1 aromatic heterocycles. The Hall–Kier alpha value is -2.15. The maximum Gasteiger partial charge on any atom is 0.256 e. The number of rotatable bonds is 7. The Morgan fingerprint density at radius 3 is 3.17 bits per heavy atom. The molecule has 1 aromatic rings. The molecular formula is C17H23N3O4. The molecule has 24 heavy (non-hydrogen) atoms. The molecule has 3 rings (SSSR count). The van der Waals surface area contributed by atoms with Crippen LogP contribution in [0.15, 0.2) is 18.3 Å². The Labute approximate surface area is 141 Å². The normalized spacial score (nSPS) is 20.4. The van der Waals surface area contributed by atoms with Crippen molar-refractivity contribution in [3.8, 4) is 5.88 Å². The molecular weight excluding hydrogens is 310 g/mol. The van der Waals surface area contributed by atoms with Crippen LogP contribution in [0.3, 0.4) is 0 Å². The molecule has 2 fully saturated rings. The quantitative estimate of drug-likeness (QED) is 0.753. The van der Waals surface area contributed by atoms with Crippen LogP contribution in [0.5, 0.6) is 5.88 Å². The van der Waals surface area contributed by atoms with Gasteiger partial charge in [-0.05, 0) is 25.0 Å². The number of nitrogens with zero attached hydrogens (tertiary/aromatic N) is 2. The van der Waals surface area contributed by atoms with Gasteiger partial charge in [-0.15, -0.1) is 0 Å². The highest BCUT2D eigenvalue weighted by molar-refractivity contribution is 5.96. The van der Waals surface area contributed by atoms with Crippen molar-refractivity contribution in [2.45, 2.75) is 31.8 Å². The Morgan fingerprint density at radius 1 is 1.50 bits per heavy atom. The molecule has 0 unspecified atom stereocenters. The minimum atomic E-state index is -0.204. The van der Waals surface area contributed by atoms with Gasteiger partial charge in [0.15, 0.2) is 0 Å². The molecule has 1 N–H and O–H groups in total. The molecule has 7 heteroatoms. The van der Waals surface area contributed by atoms with E-state index in [2.05, 4.69) is 10.3 Å². The number of likely N-dealkylation sites (tertiary alicyclic amines) is 1. The van der Waals surface area contributed by atoms with E-state index in [9.17, 15) is 9.59 Å². The van der Waals surface area contributed by atoms with Gasteiger partial charge in [0.1, 0.15) is 11.7 Å². The van der Waals surface area contributed by atoms with Gasteiger partial charge in [0, 0.05) is 38.7 Å². The largest absolute Gasteiger partial charge is 0.471 e. The predicted molar refractivity (Wildman–Crippen MR) is 86.9 cm³/mol. The molecule has 0 saturated carbocycles. The van der Waals surface area contributed by atoms with Gasteiger partial charge in [-0.3, -0.25) is 9.59 Å². The van der Waals surface area contributed by atoms with E-state index in [1.165, 1.54) is 0 Å².